The first-order valence-electron chi connectivity index (χ1n) is 11.4. The molecule has 0 bridgehead atoms. The summed E-state index contributed by atoms with van der Waals surface area (Å²) in [4.78, 5) is 38.3. The molecule has 1 saturated heterocycles. The zero-order chi connectivity index (χ0) is 27.2. The summed E-state index contributed by atoms with van der Waals surface area (Å²) in [6, 6.07) is 13.5. The lowest BCUT2D eigenvalue weighted by Gasteiger charge is -2.13. The molecule has 1 aliphatic heterocycles. The van der Waals surface area contributed by atoms with Gasteiger partial charge in [0.1, 0.15) is 30.6 Å². The van der Waals surface area contributed by atoms with Gasteiger partial charge < -0.3 is 14.8 Å². The van der Waals surface area contributed by atoms with Gasteiger partial charge in [-0.2, -0.15) is 0 Å². The number of halogens is 3. The number of nitrogens with one attached hydrogen (secondary N) is 1. The van der Waals surface area contributed by atoms with E-state index in [1.165, 1.54) is 18.2 Å². The zero-order valence-electron chi connectivity index (χ0n) is 20.0. The lowest BCUT2D eigenvalue weighted by Crippen LogP contribution is -2.36. The Labute approximate surface area is 220 Å². The highest BCUT2D eigenvalue weighted by atomic mass is 32.2. The van der Waals surface area contributed by atoms with E-state index in [4.69, 9.17) is 9.47 Å². The van der Waals surface area contributed by atoms with Gasteiger partial charge in [0.2, 0.25) is 5.91 Å². The molecule has 4 rings (SSSR count). The minimum absolute atomic E-state index is 0.0817. The molecule has 3 aromatic rings. The number of nitrogens with zero attached hydrogens (tertiary/aromatic N) is 1. The van der Waals surface area contributed by atoms with Gasteiger partial charge in [-0.05, 0) is 72.3 Å². The molecule has 0 spiro atoms. The summed E-state index contributed by atoms with van der Waals surface area (Å²) in [7, 11) is 0. The molecule has 0 atom stereocenters. The fraction of sp³-hybridized carbons (Fsp3) is 0.148. The molecule has 1 heterocycles. The second kappa shape index (κ2) is 11.9. The third kappa shape index (κ3) is 6.54. The summed E-state index contributed by atoms with van der Waals surface area (Å²) >= 11 is 0.654. The second-order valence-corrected chi connectivity index (χ2v) is 8.99. The predicted octanol–water partition coefficient (Wildman–Crippen LogP) is 5.76. The van der Waals surface area contributed by atoms with Crippen molar-refractivity contribution in [2.45, 2.75) is 13.5 Å². The van der Waals surface area contributed by atoms with Crippen molar-refractivity contribution in [3.8, 4) is 11.5 Å². The summed E-state index contributed by atoms with van der Waals surface area (Å²) in [5.74, 6) is -2.81. The molecule has 0 radical (unpaired) electrons. The Bertz CT molecular complexity index is 1410. The smallest absolute Gasteiger partial charge is 0.294 e. The summed E-state index contributed by atoms with van der Waals surface area (Å²) in [5.41, 5.74) is 1.04. The molecule has 38 heavy (non-hydrogen) atoms. The third-order valence-electron chi connectivity index (χ3n) is 5.25. The second-order valence-electron chi connectivity index (χ2n) is 7.99. The van der Waals surface area contributed by atoms with Crippen LogP contribution in [0, 0.1) is 17.5 Å². The van der Waals surface area contributed by atoms with Crippen molar-refractivity contribution in [3.05, 3.63) is 94.1 Å². The Kier molecular flexibility index (Phi) is 8.37. The van der Waals surface area contributed by atoms with E-state index in [0.29, 0.717) is 41.5 Å². The standard InChI is InChI=1S/C27H21F3N2O5S/c1-2-36-23-11-17(5-10-22(23)37-15-16-3-6-18(28)7-4-16)12-24-26(34)32(27(35)38-24)14-25(33)31-21-9-8-19(29)13-20(21)30/h3-13H,2,14-15H2,1H3,(H,31,33)/b24-12-. The number of amides is 3. The Hall–Kier alpha value is -4.25. The van der Waals surface area contributed by atoms with Crippen LogP contribution in [0.2, 0.25) is 0 Å². The number of benzene rings is 3. The van der Waals surface area contributed by atoms with Gasteiger partial charge in [-0.1, -0.05) is 18.2 Å². The van der Waals surface area contributed by atoms with Crippen LogP contribution in [0.1, 0.15) is 18.1 Å². The summed E-state index contributed by atoms with van der Waals surface area (Å²) in [6.45, 7) is 1.68. The van der Waals surface area contributed by atoms with Crippen LogP contribution in [-0.2, 0) is 16.2 Å². The van der Waals surface area contributed by atoms with Crippen molar-refractivity contribution in [3.63, 3.8) is 0 Å². The molecule has 1 aliphatic rings. The van der Waals surface area contributed by atoms with Gasteiger partial charge in [0.05, 0.1) is 17.2 Å². The maximum absolute atomic E-state index is 13.8. The van der Waals surface area contributed by atoms with Crippen LogP contribution < -0.4 is 14.8 Å². The van der Waals surface area contributed by atoms with Crippen molar-refractivity contribution in [2.24, 2.45) is 0 Å². The maximum Gasteiger partial charge on any atom is 0.294 e. The van der Waals surface area contributed by atoms with Crippen LogP contribution in [0.4, 0.5) is 23.7 Å². The van der Waals surface area contributed by atoms with Gasteiger partial charge in [0.15, 0.2) is 11.5 Å². The number of hydrogen-bond acceptors (Lipinski definition) is 6. The third-order valence-corrected chi connectivity index (χ3v) is 6.16. The molecule has 196 valence electrons. The average Bonchev–Trinajstić information content (AvgIpc) is 3.13. The van der Waals surface area contributed by atoms with Crippen LogP contribution in [0.15, 0.2) is 65.6 Å². The fourth-order valence-corrected chi connectivity index (χ4v) is 4.29. The van der Waals surface area contributed by atoms with E-state index < -0.39 is 35.2 Å². The number of ether oxygens (including phenoxy) is 2. The van der Waals surface area contributed by atoms with Gasteiger partial charge in [-0.15, -0.1) is 0 Å². The van der Waals surface area contributed by atoms with Crippen molar-refractivity contribution in [1.82, 2.24) is 4.90 Å². The topological polar surface area (TPSA) is 84.9 Å². The largest absolute Gasteiger partial charge is 0.490 e. The molecule has 1 N–H and O–H groups in total. The summed E-state index contributed by atoms with van der Waals surface area (Å²) in [6.07, 6.45) is 1.48. The van der Waals surface area contributed by atoms with Gasteiger partial charge in [0.25, 0.3) is 11.1 Å². The molecule has 3 aromatic carbocycles. The molecule has 1 fully saturated rings. The number of imide groups is 1. The maximum atomic E-state index is 13.8. The quantitative estimate of drug-likeness (QED) is 0.347. The number of carbonyl (C=O) groups is 3. The van der Waals surface area contributed by atoms with Crippen LogP contribution in [-0.4, -0.2) is 35.1 Å². The Morgan fingerprint density at radius 2 is 1.68 bits per heavy atom. The summed E-state index contributed by atoms with van der Waals surface area (Å²) < 4.78 is 51.4. The zero-order valence-corrected chi connectivity index (χ0v) is 20.8. The van der Waals surface area contributed by atoms with E-state index in [1.54, 1.807) is 37.3 Å². The monoisotopic (exact) mass is 542 g/mol. The Morgan fingerprint density at radius 1 is 0.947 bits per heavy atom. The number of hydrogen-bond donors (Lipinski definition) is 1. The highest BCUT2D eigenvalue weighted by Crippen LogP contribution is 2.35. The first-order chi connectivity index (χ1) is 18.2. The molecule has 7 nitrogen and oxygen atoms in total. The molecule has 0 unspecified atom stereocenters. The predicted molar refractivity (Wildman–Crippen MR) is 136 cm³/mol. The summed E-state index contributed by atoms with van der Waals surface area (Å²) in [5, 5.41) is 1.55. The lowest BCUT2D eigenvalue weighted by molar-refractivity contribution is -0.127. The molecule has 0 aliphatic carbocycles. The lowest BCUT2D eigenvalue weighted by atomic mass is 10.1. The fourth-order valence-electron chi connectivity index (χ4n) is 3.46. The van der Waals surface area contributed by atoms with Crippen molar-refractivity contribution in [1.29, 1.82) is 0 Å². The van der Waals surface area contributed by atoms with E-state index in [1.807, 2.05) is 0 Å². The van der Waals surface area contributed by atoms with E-state index in [-0.39, 0.29) is 23.0 Å². The molecular formula is C27H21F3N2O5S. The van der Waals surface area contributed by atoms with E-state index in [0.717, 1.165) is 22.6 Å². The number of anilines is 1. The normalized spacial score (nSPS) is 14.2. The highest BCUT2D eigenvalue weighted by molar-refractivity contribution is 8.18. The van der Waals surface area contributed by atoms with E-state index in [9.17, 15) is 27.6 Å². The van der Waals surface area contributed by atoms with E-state index in [2.05, 4.69) is 5.32 Å². The first-order valence-corrected chi connectivity index (χ1v) is 12.2. The van der Waals surface area contributed by atoms with Crippen molar-refractivity contribution < 1.29 is 37.0 Å². The van der Waals surface area contributed by atoms with Crippen LogP contribution >= 0.6 is 11.8 Å². The van der Waals surface area contributed by atoms with Crippen LogP contribution in [0.5, 0.6) is 11.5 Å². The van der Waals surface area contributed by atoms with Gasteiger partial charge in [0, 0.05) is 6.07 Å². The molecule has 0 saturated carbocycles. The number of carbonyl (C=O) groups excluding carboxylic acids is 3. The average molecular weight is 543 g/mol. The Balaban J connectivity index is 1.44. The SMILES string of the molecule is CCOc1cc(/C=C2\SC(=O)N(CC(=O)Nc3ccc(F)cc3F)C2=O)ccc1OCc1ccc(F)cc1. The first kappa shape index (κ1) is 26.8. The number of rotatable bonds is 9. The highest BCUT2D eigenvalue weighted by Gasteiger charge is 2.36. The van der Waals surface area contributed by atoms with Gasteiger partial charge in [-0.3, -0.25) is 19.3 Å². The van der Waals surface area contributed by atoms with Crippen LogP contribution in [0.25, 0.3) is 6.08 Å². The van der Waals surface area contributed by atoms with Gasteiger partial charge >= 0.3 is 0 Å². The van der Waals surface area contributed by atoms with Gasteiger partial charge in [-0.25, -0.2) is 13.2 Å². The molecule has 3 amide bonds. The minimum atomic E-state index is -0.984. The van der Waals surface area contributed by atoms with Crippen molar-refractivity contribution in [2.75, 3.05) is 18.5 Å². The minimum Gasteiger partial charge on any atom is -0.490 e. The number of thioether (sulfide) groups is 1. The Morgan fingerprint density at radius 3 is 2.39 bits per heavy atom. The van der Waals surface area contributed by atoms with Crippen molar-refractivity contribution >= 4 is 40.6 Å². The molecular weight excluding hydrogens is 521 g/mol. The molecule has 0 aromatic heterocycles. The molecule has 11 heteroatoms. The van der Waals surface area contributed by atoms with Crippen LogP contribution in [0.3, 0.4) is 0 Å². The van der Waals surface area contributed by atoms with E-state index >= 15 is 0 Å².